The Bertz CT molecular complexity index is 876. The van der Waals surface area contributed by atoms with Gasteiger partial charge in [-0.25, -0.2) is 0 Å². The molecule has 1 aromatic carbocycles. The molecule has 144 valence electrons. The first-order chi connectivity index (χ1) is 12.7. The highest BCUT2D eigenvalue weighted by Crippen LogP contribution is 2.39. The van der Waals surface area contributed by atoms with Crippen LogP contribution in [-0.2, 0) is 11.8 Å². The summed E-state index contributed by atoms with van der Waals surface area (Å²) >= 11 is 0. The number of aryl methyl sites for hydroxylation is 2. The summed E-state index contributed by atoms with van der Waals surface area (Å²) in [6.07, 6.45) is 0. The van der Waals surface area contributed by atoms with Crippen LogP contribution in [0.5, 0.6) is 0 Å². The number of para-hydroxylation sites is 2. The minimum atomic E-state index is -0.263. The number of amides is 2. The molecule has 0 saturated heterocycles. The standard InChI is InChI=1S/C20H27N5O2/c1-12(2)24(13(3)4)11-17(26)25-16-10-8-7-9-15(16)21-20(27)19-18(25)14(5)22-23(19)6/h7-10,12-13H,11H2,1-6H3,(H,21,27). The Hall–Kier alpha value is -2.67. The SMILES string of the molecule is Cc1nn(C)c2c1N(C(=O)CN(C(C)C)C(C)C)c1ccccc1NC2=O. The molecule has 1 aliphatic rings. The van der Waals surface area contributed by atoms with Crippen LogP contribution in [0.1, 0.15) is 43.9 Å². The Morgan fingerprint density at radius 1 is 1.19 bits per heavy atom. The second-order valence-electron chi connectivity index (χ2n) is 7.47. The predicted molar refractivity (Wildman–Crippen MR) is 106 cm³/mol. The second-order valence-corrected chi connectivity index (χ2v) is 7.47. The van der Waals surface area contributed by atoms with E-state index in [1.807, 2.05) is 31.2 Å². The third-order valence-corrected chi connectivity index (χ3v) is 4.92. The molecule has 0 spiro atoms. The normalized spacial score (nSPS) is 13.7. The highest BCUT2D eigenvalue weighted by atomic mass is 16.2. The van der Waals surface area contributed by atoms with E-state index in [-0.39, 0.29) is 30.4 Å². The van der Waals surface area contributed by atoms with E-state index in [0.29, 0.717) is 28.5 Å². The third kappa shape index (κ3) is 3.35. The first-order valence-corrected chi connectivity index (χ1v) is 9.25. The maximum Gasteiger partial charge on any atom is 0.276 e. The quantitative estimate of drug-likeness (QED) is 0.899. The van der Waals surface area contributed by atoms with Crippen LogP contribution in [0.2, 0.25) is 0 Å². The molecule has 0 aliphatic carbocycles. The van der Waals surface area contributed by atoms with Gasteiger partial charge in [-0.1, -0.05) is 12.1 Å². The molecule has 7 nitrogen and oxygen atoms in total. The highest BCUT2D eigenvalue weighted by Gasteiger charge is 2.35. The van der Waals surface area contributed by atoms with Gasteiger partial charge in [-0.3, -0.25) is 24.1 Å². The molecular formula is C20H27N5O2. The van der Waals surface area contributed by atoms with Crippen molar-refractivity contribution in [1.29, 1.82) is 0 Å². The fourth-order valence-electron chi connectivity index (χ4n) is 3.69. The molecule has 0 unspecified atom stereocenters. The van der Waals surface area contributed by atoms with Crippen molar-refractivity contribution in [3.8, 4) is 0 Å². The molecule has 0 fully saturated rings. The Balaban J connectivity index is 2.15. The van der Waals surface area contributed by atoms with Gasteiger partial charge in [0.2, 0.25) is 5.91 Å². The number of anilines is 3. The number of fused-ring (bicyclic) bond motifs is 2. The fourth-order valence-corrected chi connectivity index (χ4v) is 3.69. The Morgan fingerprint density at radius 2 is 1.81 bits per heavy atom. The van der Waals surface area contributed by atoms with Crippen molar-refractivity contribution < 1.29 is 9.59 Å². The van der Waals surface area contributed by atoms with Crippen LogP contribution < -0.4 is 10.2 Å². The molecule has 0 radical (unpaired) electrons. The van der Waals surface area contributed by atoms with Crippen molar-refractivity contribution in [3.05, 3.63) is 35.7 Å². The number of nitrogens with one attached hydrogen (secondary N) is 1. The summed E-state index contributed by atoms with van der Waals surface area (Å²) in [4.78, 5) is 30.0. The lowest BCUT2D eigenvalue weighted by molar-refractivity contribution is -0.120. The monoisotopic (exact) mass is 369 g/mol. The number of carbonyl (C=O) groups excluding carboxylic acids is 2. The average molecular weight is 369 g/mol. The van der Waals surface area contributed by atoms with E-state index >= 15 is 0 Å². The number of hydrogen-bond acceptors (Lipinski definition) is 4. The van der Waals surface area contributed by atoms with Crippen molar-refractivity contribution >= 4 is 28.9 Å². The number of aromatic nitrogens is 2. The average Bonchev–Trinajstić information content (AvgIpc) is 2.80. The van der Waals surface area contributed by atoms with Crippen molar-refractivity contribution in [2.75, 3.05) is 16.8 Å². The fraction of sp³-hybridized carbons (Fsp3) is 0.450. The summed E-state index contributed by atoms with van der Waals surface area (Å²) in [5, 5.41) is 7.30. The summed E-state index contributed by atoms with van der Waals surface area (Å²) in [5.41, 5.74) is 2.87. The van der Waals surface area contributed by atoms with Crippen LogP contribution in [0.25, 0.3) is 0 Å². The minimum absolute atomic E-state index is 0.0845. The summed E-state index contributed by atoms with van der Waals surface area (Å²) < 4.78 is 1.54. The Labute approximate surface area is 159 Å². The van der Waals surface area contributed by atoms with E-state index in [9.17, 15) is 9.59 Å². The zero-order valence-corrected chi connectivity index (χ0v) is 16.8. The Morgan fingerprint density at radius 3 is 2.44 bits per heavy atom. The van der Waals surface area contributed by atoms with Crippen molar-refractivity contribution in [2.24, 2.45) is 7.05 Å². The van der Waals surface area contributed by atoms with E-state index in [0.717, 1.165) is 0 Å². The number of rotatable bonds is 4. The van der Waals surface area contributed by atoms with Crippen LogP contribution in [0.4, 0.5) is 17.1 Å². The van der Waals surface area contributed by atoms with Gasteiger partial charge in [0.05, 0.1) is 23.6 Å². The smallest absolute Gasteiger partial charge is 0.276 e. The van der Waals surface area contributed by atoms with Gasteiger partial charge in [0.15, 0.2) is 5.69 Å². The van der Waals surface area contributed by atoms with E-state index < -0.39 is 0 Å². The van der Waals surface area contributed by atoms with Crippen molar-refractivity contribution in [3.63, 3.8) is 0 Å². The van der Waals surface area contributed by atoms with Gasteiger partial charge in [-0.2, -0.15) is 5.10 Å². The number of benzene rings is 1. The lowest BCUT2D eigenvalue weighted by atomic mass is 10.2. The summed E-state index contributed by atoms with van der Waals surface area (Å²) in [6.45, 7) is 10.4. The van der Waals surface area contributed by atoms with Crippen LogP contribution >= 0.6 is 0 Å². The van der Waals surface area contributed by atoms with Gasteiger partial charge in [-0.05, 0) is 46.8 Å². The topological polar surface area (TPSA) is 70.5 Å². The largest absolute Gasteiger partial charge is 0.319 e. The zero-order valence-electron chi connectivity index (χ0n) is 16.8. The van der Waals surface area contributed by atoms with E-state index in [2.05, 4.69) is 43.0 Å². The molecule has 2 heterocycles. The summed E-state index contributed by atoms with van der Waals surface area (Å²) in [5.74, 6) is -0.348. The molecule has 27 heavy (non-hydrogen) atoms. The van der Waals surface area contributed by atoms with Crippen LogP contribution in [-0.4, -0.2) is 45.1 Å². The first kappa shape index (κ1) is 19.1. The van der Waals surface area contributed by atoms with Crippen LogP contribution in [0.15, 0.2) is 24.3 Å². The molecule has 2 amide bonds. The van der Waals surface area contributed by atoms with Gasteiger partial charge in [0.25, 0.3) is 5.91 Å². The van der Waals surface area contributed by atoms with Crippen molar-refractivity contribution in [1.82, 2.24) is 14.7 Å². The van der Waals surface area contributed by atoms with Crippen LogP contribution in [0.3, 0.4) is 0 Å². The molecule has 0 bridgehead atoms. The van der Waals surface area contributed by atoms with E-state index in [1.54, 1.807) is 11.9 Å². The number of nitrogens with zero attached hydrogens (tertiary/aromatic N) is 4. The van der Waals surface area contributed by atoms with Gasteiger partial charge in [-0.15, -0.1) is 0 Å². The lowest BCUT2D eigenvalue weighted by Gasteiger charge is -2.32. The predicted octanol–water partition coefficient (Wildman–Crippen LogP) is 3.08. The summed E-state index contributed by atoms with van der Waals surface area (Å²) in [7, 11) is 1.72. The molecule has 0 atom stereocenters. The lowest BCUT2D eigenvalue weighted by Crippen LogP contribution is -2.45. The zero-order chi connectivity index (χ0) is 19.9. The van der Waals surface area contributed by atoms with Gasteiger partial charge in [0.1, 0.15) is 5.69 Å². The molecule has 3 rings (SSSR count). The molecule has 2 aromatic rings. The maximum absolute atomic E-state index is 13.5. The molecule has 7 heteroatoms. The second kappa shape index (κ2) is 7.15. The number of hydrogen-bond donors (Lipinski definition) is 1. The van der Waals surface area contributed by atoms with Crippen molar-refractivity contribution in [2.45, 2.75) is 46.7 Å². The highest BCUT2D eigenvalue weighted by molar-refractivity contribution is 6.17. The molecule has 1 aliphatic heterocycles. The molecule has 0 saturated carbocycles. The molecular weight excluding hydrogens is 342 g/mol. The van der Waals surface area contributed by atoms with Crippen LogP contribution in [0, 0.1) is 6.92 Å². The third-order valence-electron chi connectivity index (χ3n) is 4.92. The number of carbonyl (C=O) groups is 2. The first-order valence-electron chi connectivity index (χ1n) is 9.25. The molecule has 1 N–H and O–H groups in total. The maximum atomic E-state index is 13.5. The minimum Gasteiger partial charge on any atom is -0.319 e. The van der Waals surface area contributed by atoms with Gasteiger partial charge in [0, 0.05) is 19.1 Å². The Kier molecular flexibility index (Phi) is 5.06. The van der Waals surface area contributed by atoms with Gasteiger partial charge < -0.3 is 5.32 Å². The van der Waals surface area contributed by atoms with E-state index in [1.165, 1.54) is 4.68 Å². The molecule has 1 aromatic heterocycles. The van der Waals surface area contributed by atoms with E-state index in [4.69, 9.17) is 0 Å². The van der Waals surface area contributed by atoms with Gasteiger partial charge >= 0.3 is 0 Å². The summed E-state index contributed by atoms with van der Waals surface area (Å²) in [6, 6.07) is 7.83.